The van der Waals surface area contributed by atoms with Gasteiger partial charge in [0.15, 0.2) is 6.29 Å². The molecule has 0 aromatic heterocycles. The van der Waals surface area contributed by atoms with Crippen molar-refractivity contribution in [2.24, 2.45) is 5.92 Å². The fourth-order valence-corrected chi connectivity index (χ4v) is 5.79. The number of aliphatic hydroxyl groups excluding tert-OH is 2. The van der Waals surface area contributed by atoms with E-state index in [1.54, 1.807) is 11.8 Å². The minimum atomic E-state index is -0.754. The zero-order chi connectivity index (χ0) is 28.9. The summed E-state index contributed by atoms with van der Waals surface area (Å²) in [5.41, 5.74) is 4.02. The molecule has 4 atom stereocenters. The lowest BCUT2D eigenvalue weighted by Gasteiger charge is -2.41. The Morgan fingerprint density at radius 3 is 2.27 bits per heavy atom. The molecule has 3 aromatic rings. The molecule has 41 heavy (non-hydrogen) atoms. The molecule has 0 radical (unpaired) electrons. The van der Waals surface area contributed by atoms with Gasteiger partial charge in [0.25, 0.3) is 5.91 Å². The quantitative estimate of drug-likeness (QED) is 0.186. The van der Waals surface area contributed by atoms with E-state index in [4.69, 9.17) is 9.47 Å². The number of rotatable bonds is 10. The van der Waals surface area contributed by atoms with Gasteiger partial charge in [0.1, 0.15) is 0 Å². The van der Waals surface area contributed by atoms with Gasteiger partial charge in [-0.1, -0.05) is 55.5 Å². The van der Waals surface area contributed by atoms with E-state index in [0.717, 1.165) is 22.3 Å². The third kappa shape index (κ3) is 6.52. The van der Waals surface area contributed by atoms with Crippen molar-refractivity contribution in [2.45, 2.75) is 38.6 Å². The molecule has 9 nitrogen and oxygen atoms in total. The number of thioether (sulfide) groups is 1. The Kier molecular flexibility index (Phi) is 9.16. The first-order valence-electron chi connectivity index (χ1n) is 13.3. The molecule has 0 aliphatic carbocycles. The highest BCUT2D eigenvalue weighted by Gasteiger charge is 2.38. The average molecular weight is 578 g/mol. The largest absolute Gasteiger partial charge is 0.396 e. The summed E-state index contributed by atoms with van der Waals surface area (Å²) in [5.74, 6) is -0.441. The second kappa shape index (κ2) is 13.0. The Labute approximate surface area is 241 Å². The van der Waals surface area contributed by atoms with Crippen LogP contribution in [0.15, 0.2) is 66.7 Å². The molecule has 10 heteroatoms. The van der Waals surface area contributed by atoms with Crippen molar-refractivity contribution in [1.29, 1.82) is 0 Å². The summed E-state index contributed by atoms with van der Waals surface area (Å²) in [5, 5.41) is 21.5. The molecule has 1 saturated heterocycles. The van der Waals surface area contributed by atoms with Crippen molar-refractivity contribution in [3.63, 3.8) is 0 Å². The molecular weight excluding hydrogens is 546 g/mol. The smallest absolute Gasteiger partial charge is 0.346 e. The number of carbonyl (C=O) groups excluding carboxylic acids is 3. The van der Waals surface area contributed by atoms with Gasteiger partial charge in [-0.15, -0.1) is 0 Å². The molecule has 1 amide bonds. The maximum Gasteiger partial charge on any atom is 0.346 e. The van der Waals surface area contributed by atoms with Gasteiger partial charge in [-0.25, -0.2) is 9.59 Å². The van der Waals surface area contributed by atoms with Crippen LogP contribution in [0.3, 0.4) is 0 Å². The van der Waals surface area contributed by atoms with Crippen LogP contribution in [0.25, 0.3) is 0 Å². The fraction of sp³-hybridized carbons (Fsp3) is 0.323. The summed E-state index contributed by atoms with van der Waals surface area (Å²) in [4.78, 5) is 36.1. The topological polar surface area (TPSA) is 131 Å². The first-order chi connectivity index (χ1) is 19.9. The number of esters is 2. The van der Waals surface area contributed by atoms with Crippen molar-refractivity contribution in [2.75, 3.05) is 18.1 Å². The highest BCUT2D eigenvalue weighted by molar-refractivity contribution is 7.99. The number of hydrogen-bond acceptors (Lipinski definition) is 9. The molecule has 3 N–H and O–H groups in total. The number of aliphatic hydroxyl groups is 2. The van der Waals surface area contributed by atoms with E-state index in [1.165, 1.54) is 18.2 Å². The zero-order valence-electron chi connectivity index (χ0n) is 22.4. The van der Waals surface area contributed by atoms with Crippen molar-refractivity contribution in [1.82, 2.24) is 5.32 Å². The highest BCUT2D eigenvalue weighted by atomic mass is 32.2. The maximum atomic E-state index is 12.7. The second-order valence-corrected chi connectivity index (χ2v) is 11.1. The summed E-state index contributed by atoms with van der Waals surface area (Å²) in [7, 11) is 0. The standard InChI is InChI=1S/C31H31NO8S/c1-18-26(17-41-13-12-33)38-31(39-27(18)21-6-4-20(16-34)5-7-21)22-8-2-19(3-9-22)15-32-28(35)23-10-11-24-25(14-23)30(37)40-29(24)36/h2-11,14,18,26-27,31,33-34H,12-13,15-17H2,1H3,(H,32,35). The molecule has 2 heterocycles. The Morgan fingerprint density at radius 2 is 1.56 bits per heavy atom. The highest BCUT2D eigenvalue weighted by Crippen LogP contribution is 2.42. The van der Waals surface area contributed by atoms with Gasteiger partial charge in [0.2, 0.25) is 0 Å². The number of fused-ring (bicyclic) bond motifs is 1. The summed E-state index contributed by atoms with van der Waals surface area (Å²) in [6.07, 6.45) is -0.933. The fourth-order valence-electron chi connectivity index (χ4n) is 4.88. The molecule has 0 spiro atoms. The Hall–Kier alpha value is -3.54. The lowest BCUT2D eigenvalue weighted by atomic mass is 9.91. The van der Waals surface area contributed by atoms with Crippen LogP contribution in [0.5, 0.6) is 0 Å². The Morgan fingerprint density at radius 1 is 0.878 bits per heavy atom. The number of carbonyl (C=O) groups is 3. The lowest BCUT2D eigenvalue weighted by Crippen LogP contribution is -2.38. The minimum absolute atomic E-state index is 0.0245. The summed E-state index contributed by atoms with van der Waals surface area (Å²) >= 11 is 1.63. The van der Waals surface area contributed by atoms with E-state index in [2.05, 4.69) is 17.0 Å². The zero-order valence-corrected chi connectivity index (χ0v) is 23.3. The SMILES string of the molecule is CC1C(CSCCO)OC(c2ccc(CNC(=O)c3ccc4c(c3)C(=O)OC4=O)cc2)OC1c1ccc(CO)cc1. The van der Waals surface area contributed by atoms with Crippen LogP contribution in [0.2, 0.25) is 0 Å². The second-order valence-electron chi connectivity index (χ2n) is 9.98. The third-order valence-electron chi connectivity index (χ3n) is 7.25. The van der Waals surface area contributed by atoms with Gasteiger partial charge in [-0.05, 0) is 34.9 Å². The van der Waals surface area contributed by atoms with E-state index >= 15 is 0 Å². The van der Waals surface area contributed by atoms with Gasteiger partial charge in [0, 0.05) is 35.1 Å². The molecule has 5 rings (SSSR count). The van der Waals surface area contributed by atoms with Crippen LogP contribution in [0.1, 0.15) is 72.6 Å². The maximum absolute atomic E-state index is 12.7. The van der Waals surface area contributed by atoms with Gasteiger partial charge in [-0.3, -0.25) is 4.79 Å². The van der Waals surface area contributed by atoms with Crippen LogP contribution >= 0.6 is 11.8 Å². The van der Waals surface area contributed by atoms with Crippen molar-refractivity contribution >= 4 is 29.6 Å². The number of benzene rings is 3. The third-order valence-corrected chi connectivity index (χ3v) is 8.29. The van der Waals surface area contributed by atoms with E-state index in [-0.39, 0.29) is 60.5 Å². The van der Waals surface area contributed by atoms with Crippen LogP contribution in [0, 0.1) is 5.92 Å². The van der Waals surface area contributed by atoms with Gasteiger partial charge in [-0.2, -0.15) is 11.8 Å². The number of hydrogen-bond donors (Lipinski definition) is 3. The van der Waals surface area contributed by atoms with Crippen LogP contribution in [-0.2, 0) is 27.4 Å². The molecule has 3 aromatic carbocycles. The van der Waals surface area contributed by atoms with Crippen LogP contribution in [-0.4, -0.2) is 52.3 Å². The van der Waals surface area contributed by atoms with E-state index < -0.39 is 18.2 Å². The number of amides is 1. The molecule has 4 unspecified atom stereocenters. The average Bonchev–Trinajstić information content (AvgIpc) is 3.29. The summed E-state index contributed by atoms with van der Waals surface area (Å²) in [6.45, 7) is 2.43. The first kappa shape index (κ1) is 29.0. The van der Waals surface area contributed by atoms with E-state index in [0.29, 0.717) is 11.5 Å². The Bertz CT molecular complexity index is 1410. The minimum Gasteiger partial charge on any atom is -0.396 e. The number of nitrogens with one attached hydrogen (secondary N) is 1. The van der Waals surface area contributed by atoms with Crippen LogP contribution < -0.4 is 5.32 Å². The van der Waals surface area contributed by atoms with Gasteiger partial charge < -0.3 is 29.7 Å². The molecule has 2 aliphatic heterocycles. The molecule has 1 fully saturated rings. The molecule has 214 valence electrons. The van der Waals surface area contributed by atoms with Crippen molar-refractivity contribution in [3.8, 4) is 0 Å². The predicted molar refractivity (Wildman–Crippen MR) is 151 cm³/mol. The normalized spacial score (nSPS) is 21.8. The summed E-state index contributed by atoms with van der Waals surface area (Å²) in [6, 6.07) is 19.6. The monoisotopic (exact) mass is 577 g/mol. The molecule has 2 aliphatic rings. The predicted octanol–water partition coefficient (Wildman–Crippen LogP) is 3.94. The summed E-state index contributed by atoms with van der Waals surface area (Å²) < 4.78 is 17.4. The number of cyclic esters (lactones) is 2. The van der Waals surface area contributed by atoms with Gasteiger partial charge in [0.05, 0.1) is 36.5 Å². The lowest BCUT2D eigenvalue weighted by molar-refractivity contribution is -0.268. The van der Waals surface area contributed by atoms with E-state index in [9.17, 15) is 24.6 Å². The number of ether oxygens (including phenoxy) is 3. The van der Waals surface area contributed by atoms with E-state index in [1.807, 2.05) is 48.5 Å². The van der Waals surface area contributed by atoms with Crippen molar-refractivity contribution < 1.29 is 38.8 Å². The first-order valence-corrected chi connectivity index (χ1v) is 14.5. The molecule has 0 bridgehead atoms. The molecular formula is C31H31NO8S. The van der Waals surface area contributed by atoms with Gasteiger partial charge >= 0.3 is 11.9 Å². The van der Waals surface area contributed by atoms with Crippen LogP contribution in [0.4, 0.5) is 0 Å². The molecule has 0 saturated carbocycles. The Balaban J connectivity index is 1.26. The van der Waals surface area contributed by atoms with Crippen molar-refractivity contribution in [3.05, 3.63) is 106 Å².